The third kappa shape index (κ3) is 4.90. The van der Waals surface area contributed by atoms with Crippen LogP contribution in [0, 0.1) is 13.8 Å². The van der Waals surface area contributed by atoms with Gasteiger partial charge in [0.05, 0.1) is 14.6 Å². The van der Waals surface area contributed by atoms with Crippen molar-refractivity contribution in [1.82, 2.24) is 0 Å². The second-order valence-corrected chi connectivity index (χ2v) is 9.47. The van der Waals surface area contributed by atoms with E-state index in [0.717, 1.165) is 16.8 Å². The van der Waals surface area contributed by atoms with Gasteiger partial charge in [0.25, 0.3) is 0 Å². The molecule has 0 bridgehead atoms. The third-order valence-corrected chi connectivity index (χ3v) is 6.36. The van der Waals surface area contributed by atoms with E-state index in [4.69, 9.17) is 4.18 Å². The van der Waals surface area contributed by atoms with Gasteiger partial charge in [-0.3, -0.25) is 4.99 Å². The van der Waals surface area contributed by atoms with Gasteiger partial charge in [-0.05, 0) is 87.2 Å². The van der Waals surface area contributed by atoms with Gasteiger partial charge in [0.1, 0.15) is 4.90 Å². The number of hydrogen-bond donors (Lipinski definition) is 0. The van der Waals surface area contributed by atoms with Gasteiger partial charge in [0.2, 0.25) is 0 Å². The van der Waals surface area contributed by atoms with Crippen molar-refractivity contribution in [2.24, 2.45) is 4.99 Å². The molecule has 144 valence electrons. The molecule has 3 rings (SSSR count). The molecule has 3 aromatic carbocycles. The third-order valence-electron chi connectivity index (χ3n) is 3.95. The van der Waals surface area contributed by atoms with Crippen LogP contribution in [0.15, 0.2) is 79.5 Å². The van der Waals surface area contributed by atoms with E-state index in [1.165, 1.54) is 17.7 Å². The molecule has 28 heavy (non-hydrogen) atoms. The van der Waals surface area contributed by atoms with Crippen molar-refractivity contribution < 1.29 is 12.6 Å². The van der Waals surface area contributed by atoms with E-state index in [1.807, 2.05) is 26.0 Å². The molecule has 0 N–H and O–H groups in total. The maximum atomic E-state index is 12.5. The first kappa shape index (κ1) is 20.8. The van der Waals surface area contributed by atoms with Gasteiger partial charge >= 0.3 is 10.1 Å². The van der Waals surface area contributed by atoms with Crippen molar-refractivity contribution in [1.29, 1.82) is 0 Å². The van der Waals surface area contributed by atoms with Gasteiger partial charge in [-0.1, -0.05) is 35.9 Å². The van der Waals surface area contributed by atoms with Crippen molar-refractivity contribution in [3.05, 3.63) is 86.3 Å². The number of rotatable bonds is 5. The summed E-state index contributed by atoms with van der Waals surface area (Å²) in [6, 6.07) is 17.6. The lowest BCUT2D eigenvalue weighted by Gasteiger charge is -2.11. The van der Waals surface area contributed by atoms with Crippen molar-refractivity contribution in [3.8, 4) is 5.75 Å². The highest BCUT2D eigenvalue weighted by Gasteiger charge is 2.20. The van der Waals surface area contributed by atoms with E-state index in [-0.39, 0.29) is 10.6 Å². The minimum absolute atomic E-state index is 0.0919. The van der Waals surface area contributed by atoms with E-state index in [9.17, 15) is 8.42 Å². The summed E-state index contributed by atoms with van der Waals surface area (Å²) in [5, 5.41) is 0. The van der Waals surface area contributed by atoms with Gasteiger partial charge in [0, 0.05) is 6.21 Å². The Balaban J connectivity index is 1.88. The first-order valence-corrected chi connectivity index (χ1v) is 11.4. The zero-order valence-corrected chi connectivity index (χ0v) is 19.2. The minimum Gasteiger partial charge on any atom is -0.377 e. The summed E-state index contributed by atoms with van der Waals surface area (Å²) in [7, 11) is -3.93. The molecule has 4 nitrogen and oxygen atoms in total. The molecular formula is C21H17Br2NO3S. The average molecular weight is 523 g/mol. The number of aliphatic imine (C=N–C) groups is 1. The van der Waals surface area contributed by atoms with Crippen LogP contribution in [0.4, 0.5) is 5.69 Å². The Morgan fingerprint density at radius 3 is 2.18 bits per heavy atom. The largest absolute Gasteiger partial charge is 0.377 e. The molecular weight excluding hydrogens is 506 g/mol. The Kier molecular flexibility index (Phi) is 6.37. The van der Waals surface area contributed by atoms with Crippen LogP contribution in [0.5, 0.6) is 5.75 Å². The molecule has 0 saturated carbocycles. The van der Waals surface area contributed by atoms with Crippen LogP contribution < -0.4 is 4.18 Å². The Labute approximate surface area is 181 Å². The molecule has 0 radical (unpaired) electrons. The maximum Gasteiger partial charge on any atom is 0.339 e. The smallest absolute Gasteiger partial charge is 0.339 e. The molecule has 0 aliphatic heterocycles. The lowest BCUT2D eigenvalue weighted by Crippen LogP contribution is -2.10. The lowest BCUT2D eigenvalue weighted by atomic mass is 10.1. The molecule has 0 fully saturated rings. The van der Waals surface area contributed by atoms with Gasteiger partial charge < -0.3 is 4.18 Å². The van der Waals surface area contributed by atoms with Crippen molar-refractivity contribution >= 4 is 53.9 Å². The van der Waals surface area contributed by atoms with E-state index in [1.54, 1.807) is 36.5 Å². The second kappa shape index (κ2) is 8.59. The molecule has 0 atom stereocenters. The monoisotopic (exact) mass is 521 g/mol. The van der Waals surface area contributed by atoms with Crippen LogP contribution >= 0.6 is 31.9 Å². The fourth-order valence-corrected chi connectivity index (χ4v) is 5.16. The topological polar surface area (TPSA) is 55.7 Å². The maximum absolute atomic E-state index is 12.5. The lowest BCUT2D eigenvalue weighted by molar-refractivity contribution is 0.483. The molecule has 7 heteroatoms. The summed E-state index contributed by atoms with van der Waals surface area (Å²) in [6.07, 6.45) is 1.72. The van der Waals surface area contributed by atoms with Gasteiger partial charge in [-0.25, -0.2) is 0 Å². The highest BCUT2D eigenvalue weighted by atomic mass is 79.9. The summed E-state index contributed by atoms with van der Waals surface area (Å²) in [4.78, 5) is 4.62. The SMILES string of the molecule is Cc1ccc(N=Cc2cc(Br)c(OS(=O)(=O)c3ccccc3)c(Br)c2)c(C)c1. The van der Waals surface area contributed by atoms with Crippen molar-refractivity contribution in [2.75, 3.05) is 0 Å². The molecule has 0 amide bonds. The summed E-state index contributed by atoms with van der Waals surface area (Å²) in [6.45, 7) is 4.05. The molecule has 0 aliphatic carbocycles. The Hall–Kier alpha value is -1.96. The number of nitrogens with zero attached hydrogens (tertiary/aromatic N) is 1. The van der Waals surface area contributed by atoms with E-state index >= 15 is 0 Å². The van der Waals surface area contributed by atoms with Crippen LogP contribution in [0.2, 0.25) is 0 Å². The molecule has 0 spiro atoms. The normalized spacial score (nSPS) is 11.7. The number of hydrogen-bond acceptors (Lipinski definition) is 4. The van der Waals surface area contributed by atoms with Crippen molar-refractivity contribution in [3.63, 3.8) is 0 Å². The summed E-state index contributed by atoms with van der Waals surface area (Å²) >= 11 is 6.78. The van der Waals surface area contributed by atoms with Crippen molar-refractivity contribution in [2.45, 2.75) is 18.7 Å². The standard InChI is InChI=1S/C21H17Br2NO3S/c1-14-8-9-20(15(2)10-14)24-13-16-11-18(22)21(19(23)12-16)27-28(25,26)17-6-4-3-5-7-17/h3-13H,1-2H3. The molecule has 3 aromatic rings. The van der Waals surface area contributed by atoms with E-state index in [2.05, 4.69) is 42.9 Å². The van der Waals surface area contributed by atoms with Crippen LogP contribution in [0.25, 0.3) is 0 Å². The second-order valence-electron chi connectivity index (χ2n) is 6.21. The molecule has 0 aliphatic rings. The Bertz CT molecular complexity index is 1120. The van der Waals surface area contributed by atoms with Gasteiger partial charge in [0.15, 0.2) is 5.75 Å². The molecule has 0 saturated heterocycles. The molecule has 0 aromatic heterocycles. The number of benzene rings is 3. The Morgan fingerprint density at radius 2 is 1.57 bits per heavy atom. The number of halogens is 2. The summed E-state index contributed by atoms with van der Waals surface area (Å²) in [5.74, 6) is 0.188. The quantitative estimate of drug-likeness (QED) is 0.290. The fraction of sp³-hybridized carbons (Fsp3) is 0.0952. The highest BCUT2D eigenvalue weighted by molar-refractivity contribution is 9.11. The predicted molar refractivity (Wildman–Crippen MR) is 119 cm³/mol. The Morgan fingerprint density at radius 1 is 0.929 bits per heavy atom. The van der Waals surface area contributed by atoms with Crippen LogP contribution in [0.3, 0.4) is 0 Å². The molecule has 0 heterocycles. The van der Waals surface area contributed by atoms with Crippen LogP contribution in [-0.2, 0) is 10.1 Å². The predicted octanol–water partition coefficient (Wildman–Crippen LogP) is 6.35. The minimum atomic E-state index is -3.93. The van der Waals surface area contributed by atoms with Gasteiger partial charge in [-0.2, -0.15) is 8.42 Å². The average Bonchev–Trinajstić information content (AvgIpc) is 2.65. The van der Waals surface area contributed by atoms with Crippen LogP contribution in [0.1, 0.15) is 16.7 Å². The zero-order valence-electron chi connectivity index (χ0n) is 15.2. The molecule has 0 unspecified atom stereocenters. The first-order valence-electron chi connectivity index (χ1n) is 8.36. The zero-order chi connectivity index (χ0) is 20.3. The summed E-state index contributed by atoms with van der Waals surface area (Å²) < 4.78 is 31.3. The highest BCUT2D eigenvalue weighted by Crippen LogP contribution is 2.36. The number of aryl methyl sites for hydroxylation is 2. The fourth-order valence-electron chi connectivity index (χ4n) is 2.57. The van der Waals surface area contributed by atoms with E-state index < -0.39 is 10.1 Å². The van der Waals surface area contributed by atoms with Gasteiger partial charge in [-0.15, -0.1) is 0 Å². The van der Waals surface area contributed by atoms with Crippen LogP contribution in [-0.4, -0.2) is 14.6 Å². The van der Waals surface area contributed by atoms with E-state index in [0.29, 0.717) is 8.95 Å². The summed E-state index contributed by atoms with van der Waals surface area (Å²) in [5.41, 5.74) is 3.94. The first-order chi connectivity index (χ1) is 13.3.